The van der Waals surface area contributed by atoms with Gasteiger partial charge in [-0.25, -0.2) is 17.7 Å². The second-order valence-corrected chi connectivity index (χ2v) is 6.87. The number of nitrogens with one attached hydrogen (secondary N) is 1. The maximum Gasteiger partial charge on any atom is 0.513 e. The molecule has 2 aromatic rings. The van der Waals surface area contributed by atoms with Gasteiger partial charge in [0.05, 0.1) is 0 Å². The molecule has 0 radical (unpaired) electrons. The quantitative estimate of drug-likeness (QED) is 0.295. The Kier molecular flexibility index (Phi) is 6.30. The number of carboxylic acids is 1. The highest BCUT2D eigenvalue weighted by atomic mass is 35.5. The van der Waals surface area contributed by atoms with E-state index in [2.05, 4.69) is 4.52 Å². The highest BCUT2D eigenvalue weighted by molar-refractivity contribution is 7.52. The largest absolute Gasteiger partial charge is 0.513 e. The average Bonchev–Trinajstić information content (AvgIpc) is 2.62. The lowest BCUT2D eigenvalue weighted by Crippen LogP contribution is -2.25. The fourth-order valence-corrected chi connectivity index (χ4v) is 3.09. The van der Waals surface area contributed by atoms with Gasteiger partial charge in [-0.1, -0.05) is 11.6 Å². The van der Waals surface area contributed by atoms with E-state index in [0.29, 0.717) is 0 Å². The molecule has 0 amide bonds. The highest BCUT2D eigenvalue weighted by Gasteiger charge is 2.36. The molecule has 0 aliphatic heterocycles. The van der Waals surface area contributed by atoms with Crippen LogP contribution in [-0.2, 0) is 9.36 Å². The number of carboxylic acid groups (broad SMARTS) is 1. The van der Waals surface area contributed by atoms with Crippen LogP contribution in [0.15, 0.2) is 24.3 Å². The summed E-state index contributed by atoms with van der Waals surface area (Å²) in [5.74, 6) is -15.7. The molecule has 1 unspecified atom stereocenters. The van der Waals surface area contributed by atoms with Crippen LogP contribution in [0.2, 0.25) is 5.02 Å². The fraction of sp³-hybridized carbons (Fsp3) is 0.0714. The van der Waals surface area contributed by atoms with Crippen LogP contribution in [0.3, 0.4) is 0 Å². The minimum absolute atomic E-state index is 0.233. The second-order valence-electron chi connectivity index (χ2n) is 4.76. The van der Waals surface area contributed by atoms with Crippen molar-refractivity contribution in [2.45, 2.75) is 0 Å². The van der Waals surface area contributed by atoms with E-state index in [9.17, 15) is 31.3 Å². The standard InChI is InChI=1S/C14H8ClF5NO5P/c15-6-1-3-7(4-2-6)25-27(24,21-5-8(22)23)26-14-12(19)10(17)9(16)11(18)13(14)20/h1-4H,5H2,(H,21,24)(H,22,23). The third-order valence-electron chi connectivity index (χ3n) is 2.84. The average molecular weight is 432 g/mol. The summed E-state index contributed by atoms with van der Waals surface area (Å²) in [7, 11) is -4.95. The molecule has 2 aromatic carbocycles. The van der Waals surface area contributed by atoms with Gasteiger partial charge in [0, 0.05) is 5.02 Å². The maximum absolute atomic E-state index is 13.7. The third-order valence-corrected chi connectivity index (χ3v) is 4.52. The molecule has 2 N–H and O–H groups in total. The lowest BCUT2D eigenvalue weighted by Gasteiger charge is -2.20. The minimum atomic E-state index is -4.95. The summed E-state index contributed by atoms with van der Waals surface area (Å²) < 4.78 is 89.0. The minimum Gasteiger partial charge on any atom is -0.480 e. The Morgan fingerprint density at radius 2 is 1.44 bits per heavy atom. The van der Waals surface area contributed by atoms with Gasteiger partial charge in [-0.3, -0.25) is 4.79 Å². The molecule has 0 aliphatic carbocycles. The van der Waals surface area contributed by atoms with E-state index in [0.717, 1.165) is 12.1 Å². The van der Waals surface area contributed by atoms with Gasteiger partial charge in [0.1, 0.15) is 12.3 Å². The number of carbonyl (C=O) groups is 1. The highest BCUT2D eigenvalue weighted by Crippen LogP contribution is 2.47. The number of hydrogen-bond donors (Lipinski definition) is 2. The first-order valence-electron chi connectivity index (χ1n) is 6.77. The Balaban J connectivity index is 2.45. The van der Waals surface area contributed by atoms with E-state index in [1.54, 1.807) is 5.09 Å². The van der Waals surface area contributed by atoms with E-state index >= 15 is 0 Å². The summed E-state index contributed by atoms with van der Waals surface area (Å²) in [5, 5.41) is 10.6. The predicted molar refractivity (Wildman–Crippen MR) is 82.2 cm³/mol. The van der Waals surface area contributed by atoms with Gasteiger partial charge in [-0.05, 0) is 24.3 Å². The van der Waals surface area contributed by atoms with Crippen LogP contribution in [0.1, 0.15) is 0 Å². The smallest absolute Gasteiger partial charge is 0.480 e. The second kappa shape index (κ2) is 8.12. The molecule has 27 heavy (non-hydrogen) atoms. The van der Waals surface area contributed by atoms with Crippen LogP contribution in [0.25, 0.3) is 0 Å². The summed E-state index contributed by atoms with van der Waals surface area (Å²) >= 11 is 5.64. The van der Waals surface area contributed by atoms with Crippen molar-refractivity contribution in [3.8, 4) is 11.5 Å². The zero-order valence-electron chi connectivity index (χ0n) is 12.8. The Morgan fingerprint density at radius 3 is 1.93 bits per heavy atom. The molecule has 0 saturated carbocycles. The van der Waals surface area contributed by atoms with Crippen LogP contribution >= 0.6 is 19.3 Å². The van der Waals surface area contributed by atoms with Crippen LogP contribution in [0, 0.1) is 29.1 Å². The zero-order valence-corrected chi connectivity index (χ0v) is 14.5. The van der Waals surface area contributed by atoms with Gasteiger partial charge in [-0.15, -0.1) is 0 Å². The zero-order chi connectivity index (χ0) is 20.4. The van der Waals surface area contributed by atoms with Crippen molar-refractivity contribution in [2.24, 2.45) is 0 Å². The maximum atomic E-state index is 13.7. The summed E-state index contributed by atoms with van der Waals surface area (Å²) in [5.41, 5.74) is 0. The summed E-state index contributed by atoms with van der Waals surface area (Å²) in [6, 6.07) is 4.80. The molecule has 1 atom stereocenters. The lowest BCUT2D eigenvalue weighted by atomic mass is 10.3. The van der Waals surface area contributed by atoms with Crippen molar-refractivity contribution in [1.29, 1.82) is 0 Å². The first-order chi connectivity index (χ1) is 12.5. The summed E-state index contributed by atoms with van der Waals surface area (Å²) in [4.78, 5) is 10.7. The first kappa shape index (κ1) is 20.9. The predicted octanol–water partition coefficient (Wildman–Crippen LogP) is 4.28. The van der Waals surface area contributed by atoms with E-state index in [1.165, 1.54) is 12.1 Å². The number of halogens is 6. The summed E-state index contributed by atoms with van der Waals surface area (Å²) in [6.07, 6.45) is 0. The summed E-state index contributed by atoms with van der Waals surface area (Å²) in [6.45, 7) is -1.08. The molecule has 2 rings (SSSR count). The molecule has 0 bridgehead atoms. The van der Waals surface area contributed by atoms with Crippen LogP contribution in [-0.4, -0.2) is 17.6 Å². The molecule has 0 fully saturated rings. The van der Waals surface area contributed by atoms with Crippen molar-refractivity contribution in [3.05, 3.63) is 58.4 Å². The van der Waals surface area contributed by atoms with Crippen molar-refractivity contribution in [3.63, 3.8) is 0 Å². The number of benzene rings is 2. The third kappa shape index (κ3) is 4.88. The van der Waals surface area contributed by atoms with Crippen LogP contribution < -0.4 is 14.1 Å². The van der Waals surface area contributed by atoms with Gasteiger partial charge < -0.3 is 14.2 Å². The Morgan fingerprint density at radius 1 is 0.963 bits per heavy atom. The molecule has 0 aliphatic rings. The van der Waals surface area contributed by atoms with E-state index in [1.807, 2.05) is 0 Å². The topological polar surface area (TPSA) is 84.9 Å². The van der Waals surface area contributed by atoms with E-state index < -0.39 is 55.1 Å². The number of aliphatic carboxylic acids is 1. The Bertz CT molecular complexity index is 898. The van der Waals surface area contributed by atoms with Gasteiger partial charge in [0.15, 0.2) is 0 Å². The van der Waals surface area contributed by atoms with Crippen LogP contribution in [0.4, 0.5) is 22.0 Å². The van der Waals surface area contributed by atoms with Crippen LogP contribution in [0.5, 0.6) is 11.5 Å². The van der Waals surface area contributed by atoms with Crippen molar-refractivity contribution in [2.75, 3.05) is 6.54 Å². The molecule has 13 heteroatoms. The first-order valence-corrected chi connectivity index (χ1v) is 8.69. The monoisotopic (exact) mass is 431 g/mol. The molecule has 146 valence electrons. The van der Waals surface area contributed by atoms with E-state index in [4.69, 9.17) is 21.2 Å². The Labute approximate surface area is 153 Å². The molecule has 0 spiro atoms. The lowest BCUT2D eigenvalue weighted by molar-refractivity contribution is -0.135. The molecular formula is C14H8ClF5NO5P. The van der Waals surface area contributed by atoms with Crippen molar-refractivity contribution in [1.82, 2.24) is 5.09 Å². The molecule has 6 nitrogen and oxygen atoms in total. The van der Waals surface area contributed by atoms with Crippen molar-refractivity contribution < 1.29 is 45.5 Å². The number of rotatable bonds is 7. The normalized spacial score (nSPS) is 13.1. The van der Waals surface area contributed by atoms with Gasteiger partial charge in [-0.2, -0.15) is 13.9 Å². The Hall–Kier alpha value is -2.36. The molecule has 0 heterocycles. The SMILES string of the molecule is O=C(O)CNP(=O)(Oc1ccc(Cl)cc1)Oc1c(F)c(F)c(F)c(F)c1F. The molecule has 0 saturated heterocycles. The van der Waals surface area contributed by atoms with Gasteiger partial charge in [0.25, 0.3) is 0 Å². The van der Waals surface area contributed by atoms with Crippen molar-refractivity contribution >= 4 is 25.3 Å². The van der Waals surface area contributed by atoms with Gasteiger partial charge in [0.2, 0.25) is 34.8 Å². The fourth-order valence-electron chi connectivity index (χ4n) is 1.67. The molecular weight excluding hydrogens is 424 g/mol. The number of hydrogen-bond acceptors (Lipinski definition) is 4. The molecule has 0 aromatic heterocycles. The van der Waals surface area contributed by atoms with E-state index in [-0.39, 0.29) is 10.8 Å². The van der Waals surface area contributed by atoms with Gasteiger partial charge >= 0.3 is 13.7 Å².